The molecule has 0 radical (unpaired) electrons. The van der Waals surface area contributed by atoms with Crippen LogP contribution in [0.25, 0.3) is 0 Å². The second-order valence-corrected chi connectivity index (χ2v) is 7.52. The maximum absolute atomic E-state index is 10.0. The van der Waals surface area contributed by atoms with E-state index in [4.69, 9.17) is 0 Å². The van der Waals surface area contributed by atoms with E-state index in [-0.39, 0.29) is 42.1 Å². The summed E-state index contributed by atoms with van der Waals surface area (Å²) in [5, 5.41) is 0. The van der Waals surface area contributed by atoms with Crippen LogP contribution in [0.3, 0.4) is 0 Å². The number of rotatable bonds is 9. The van der Waals surface area contributed by atoms with Crippen molar-refractivity contribution in [2.75, 3.05) is 0 Å². The van der Waals surface area contributed by atoms with Crippen LogP contribution in [0.1, 0.15) is 148 Å². The zero-order valence-corrected chi connectivity index (χ0v) is 23.8. The molecule has 0 aliphatic heterocycles. The van der Waals surface area contributed by atoms with Crippen molar-refractivity contribution in [2.45, 2.75) is 148 Å². The largest absolute Gasteiger partial charge is 0.300 e. The van der Waals surface area contributed by atoms with E-state index in [1.54, 1.807) is 41.5 Å². The van der Waals surface area contributed by atoms with Crippen molar-refractivity contribution < 1.29 is 28.8 Å². The van der Waals surface area contributed by atoms with Gasteiger partial charge >= 0.3 is 0 Å². The van der Waals surface area contributed by atoms with Gasteiger partial charge in [-0.1, -0.05) is 49.0 Å². The quantitative estimate of drug-likeness (QED) is 0.328. The lowest BCUT2D eigenvalue weighted by Gasteiger charge is -1.80. The van der Waals surface area contributed by atoms with Gasteiger partial charge in [-0.15, -0.1) is 0 Å². The molecule has 0 aromatic heterocycles. The first-order valence-corrected chi connectivity index (χ1v) is 12.1. The average Bonchev–Trinajstić information content (AvgIpc) is 2.69. The number of hydrogen-bond donors (Lipinski definition) is 0. The Balaban J connectivity index is -0.0000000513. The summed E-state index contributed by atoms with van der Waals surface area (Å²) in [7, 11) is 0. The van der Waals surface area contributed by atoms with Gasteiger partial charge in [0.25, 0.3) is 0 Å². The zero-order chi connectivity index (χ0) is 27.8. The third-order valence-electron chi connectivity index (χ3n) is 3.30. The van der Waals surface area contributed by atoms with E-state index in [1.807, 2.05) is 41.5 Å². The molecule has 0 saturated carbocycles. The number of Topliss-reactive ketones (excluding diaryl/α,β-unsaturated/α-hetero) is 6. The van der Waals surface area contributed by atoms with E-state index in [1.165, 1.54) is 0 Å². The fraction of sp³-hybridized carbons (Fsp3) is 0.786. The molecule has 206 valence electrons. The Bertz CT molecular complexity index is 422. The van der Waals surface area contributed by atoms with Gasteiger partial charge in [0.05, 0.1) is 0 Å². The van der Waals surface area contributed by atoms with Gasteiger partial charge in [0.15, 0.2) is 0 Å². The Morgan fingerprint density at radius 1 is 0.353 bits per heavy atom. The molecule has 0 aliphatic rings. The van der Waals surface area contributed by atoms with Crippen LogP contribution in [0, 0.1) is 0 Å². The molecule has 0 unspecified atom stereocenters. The number of carbonyl (C=O) groups excluding carboxylic acids is 6. The first-order chi connectivity index (χ1) is 15.1. The third kappa shape index (κ3) is 149. The van der Waals surface area contributed by atoms with Crippen molar-refractivity contribution in [2.24, 2.45) is 0 Å². The van der Waals surface area contributed by atoms with E-state index in [0.717, 1.165) is 38.5 Å². The minimum Gasteiger partial charge on any atom is -0.300 e. The van der Waals surface area contributed by atoms with Crippen molar-refractivity contribution in [3.8, 4) is 0 Å². The molecule has 0 bridgehead atoms. The molecule has 6 heteroatoms. The van der Waals surface area contributed by atoms with Crippen LogP contribution in [0.4, 0.5) is 0 Å². The predicted molar refractivity (Wildman–Crippen MR) is 146 cm³/mol. The van der Waals surface area contributed by atoms with E-state index in [2.05, 4.69) is 0 Å². The fourth-order valence-electron chi connectivity index (χ4n) is 1.06. The predicted octanol–water partition coefficient (Wildman–Crippen LogP) is 7.72. The molecule has 34 heavy (non-hydrogen) atoms. The Kier molecular flexibility index (Phi) is 64.6. The van der Waals surface area contributed by atoms with Crippen molar-refractivity contribution in [1.82, 2.24) is 0 Å². The number of ketones is 6. The maximum atomic E-state index is 10.0. The van der Waals surface area contributed by atoms with Gasteiger partial charge in [0.1, 0.15) is 34.7 Å². The Labute approximate surface area is 212 Å². The van der Waals surface area contributed by atoms with Gasteiger partial charge in [0, 0.05) is 38.5 Å². The van der Waals surface area contributed by atoms with Crippen LogP contribution in [0.2, 0.25) is 0 Å². The lowest BCUT2D eigenvalue weighted by atomic mass is 10.3. The van der Waals surface area contributed by atoms with Crippen LogP contribution >= 0.6 is 0 Å². The summed E-state index contributed by atoms with van der Waals surface area (Å²) in [4.78, 5) is 59.6. The summed E-state index contributed by atoms with van der Waals surface area (Å²) in [5.74, 6) is 1.63. The highest BCUT2D eigenvalue weighted by Crippen LogP contribution is 1.85. The number of carbonyl (C=O) groups is 6. The van der Waals surface area contributed by atoms with Gasteiger partial charge in [-0.3, -0.25) is 0 Å². The van der Waals surface area contributed by atoms with Crippen molar-refractivity contribution in [1.29, 1.82) is 0 Å². The molecule has 0 aromatic carbocycles. The SMILES string of the molecule is C.CCC(C)=O.CCC(C)=O.CCC(C)=O.CCCC(C)=O.CCCC(C)=O.CCCC(C)=O. The van der Waals surface area contributed by atoms with Crippen molar-refractivity contribution in [3.63, 3.8) is 0 Å². The lowest BCUT2D eigenvalue weighted by Crippen LogP contribution is -1.84. The Hall–Kier alpha value is -1.98. The van der Waals surface area contributed by atoms with E-state index in [0.29, 0.717) is 19.3 Å². The molecule has 0 fully saturated rings. The monoisotopic (exact) mass is 490 g/mol. The van der Waals surface area contributed by atoms with Gasteiger partial charge in [-0.2, -0.15) is 0 Å². The molecule has 0 N–H and O–H groups in total. The maximum Gasteiger partial charge on any atom is 0.129 e. The Morgan fingerprint density at radius 2 is 0.471 bits per heavy atom. The van der Waals surface area contributed by atoms with Gasteiger partial charge in [0.2, 0.25) is 0 Å². The molecule has 0 aromatic rings. The van der Waals surface area contributed by atoms with Gasteiger partial charge < -0.3 is 28.8 Å². The summed E-state index contributed by atoms with van der Waals surface area (Å²) in [5.41, 5.74) is 0. The Morgan fingerprint density at radius 3 is 0.471 bits per heavy atom. The second-order valence-electron chi connectivity index (χ2n) is 7.52. The molecule has 0 spiro atoms. The van der Waals surface area contributed by atoms with Crippen LogP contribution in [0.5, 0.6) is 0 Å². The van der Waals surface area contributed by atoms with Crippen molar-refractivity contribution in [3.05, 3.63) is 0 Å². The smallest absolute Gasteiger partial charge is 0.129 e. The molecular formula is C28H58O6. The van der Waals surface area contributed by atoms with E-state index < -0.39 is 0 Å². The molecule has 0 heterocycles. The summed E-state index contributed by atoms with van der Waals surface area (Å²) >= 11 is 0. The second kappa shape index (κ2) is 44.7. The lowest BCUT2D eigenvalue weighted by molar-refractivity contribution is -0.117. The molecular weight excluding hydrogens is 432 g/mol. The normalized spacial score (nSPS) is 7.76. The molecule has 0 amide bonds. The van der Waals surface area contributed by atoms with Crippen LogP contribution in [-0.4, -0.2) is 34.7 Å². The average molecular weight is 491 g/mol. The summed E-state index contributed by atoms with van der Waals surface area (Å²) < 4.78 is 0. The highest BCUT2D eigenvalue weighted by Gasteiger charge is 1.85. The van der Waals surface area contributed by atoms with Crippen molar-refractivity contribution >= 4 is 34.7 Å². The highest BCUT2D eigenvalue weighted by atomic mass is 16.1. The standard InChI is InChI=1S/3C5H10O.3C4H8O.CH4/c3*1-3-4-5(2)6;3*1-3-4(2)5;/h3*3-4H2,1-2H3;3*3H2,1-2H3;1H4. The summed E-state index contributed by atoms with van der Waals surface area (Å²) in [6, 6.07) is 0. The van der Waals surface area contributed by atoms with Gasteiger partial charge in [-0.25, -0.2) is 0 Å². The molecule has 0 saturated heterocycles. The fourth-order valence-corrected chi connectivity index (χ4v) is 1.06. The molecule has 0 aliphatic carbocycles. The third-order valence-corrected chi connectivity index (χ3v) is 3.30. The highest BCUT2D eigenvalue weighted by molar-refractivity contribution is 5.76. The van der Waals surface area contributed by atoms with Crippen LogP contribution in [0.15, 0.2) is 0 Å². The summed E-state index contributed by atoms with van der Waals surface area (Å²) in [6.45, 7) is 21.1. The zero-order valence-electron chi connectivity index (χ0n) is 23.8. The minimum absolute atomic E-state index is 0. The first-order valence-electron chi connectivity index (χ1n) is 12.1. The summed E-state index contributed by atoms with van der Waals surface area (Å²) in [6.07, 6.45) is 7.15. The van der Waals surface area contributed by atoms with Crippen LogP contribution in [-0.2, 0) is 28.8 Å². The molecule has 6 nitrogen and oxygen atoms in total. The minimum atomic E-state index is 0. The number of hydrogen-bond acceptors (Lipinski definition) is 6. The van der Waals surface area contributed by atoms with Gasteiger partial charge in [-0.05, 0) is 60.8 Å². The topological polar surface area (TPSA) is 102 Å². The van der Waals surface area contributed by atoms with E-state index >= 15 is 0 Å². The van der Waals surface area contributed by atoms with Crippen LogP contribution < -0.4 is 0 Å². The first kappa shape index (κ1) is 49.2. The molecule has 0 atom stereocenters. The van der Waals surface area contributed by atoms with E-state index in [9.17, 15) is 28.8 Å². The molecule has 0 rings (SSSR count).